The Bertz CT molecular complexity index is 1540. The number of methoxy groups -OCH3 is 1. The van der Waals surface area contributed by atoms with E-state index >= 15 is 0 Å². The smallest absolute Gasteiger partial charge is 0.302 e. The van der Waals surface area contributed by atoms with Crippen LogP contribution in [0.5, 0.6) is 5.75 Å². The molecule has 1 saturated heterocycles. The van der Waals surface area contributed by atoms with Gasteiger partial charge in [0.1, 0.15) is 11.5 Å². The molecule has 0 saturated carbocycles. The number of benzene rings is 3. The Morgan fingerprint density at radius 3 is 2.30 bits per heavy atom. The second-order valence-corrected chi connectivity index (χ2v) is 10.4. The fourth-order valence-corrected chi connectivity index (χ4v) is 4.66. The maximum Gasteiger partial charge on any atom is 0.302 e. The number of ether oxygens (including phenoxy) is 1. The summed E-state index contributed by atoms with van der Waals surface area (Å²) in [5, 5.41) is 11.3. The number of fused-ring (bicyclic) bond motifs is 1. The van der Waals surface area contributed by atoms with Crippen molar-refractivity contribution in [3.05, 3.63) is 94.6 Å². The average Bonchev–Trinajstić information content (AvgIpc) is 3.40. The molecule has 1 fully saturated rings. The van der Waals surface area contributed by atoms with Crippen LogP contribution in [0.4, 0.5) is 5.95 Å². The van der Waals surface area contributed by atoms with E-state index < -0.39 is 17.7 Å². The summed E-state index contributed by atoms with van der Waals surface area (Å²) in [4.78, 5) is 36.1. The Labute approximate surface area is 215 Å². The molecule has 0 radical (unpaired) electrons. The van der Waals surface area contributed by atoms with E-state index in [0.29, 0.717) is 22.4 Å². The third-order valence-corrected chi connectivity index (χ3v) is 6.75. The van der Waals surface area contributed by atoms with E-state index in [9.17, 15) is 14.7 Å². The van der Waals surface area contributed by atoms with Crippen LogP contribution in [0, 0.1) is 6.92 Å². The number of nitrogens with zero attached hydrogens (tertiary/aromatic N) is 2. The van der Waals surface area contributed by atoms with Crippen molar-refractivity contribution in [2.24, 2.45) is 0 Å². The summed E-state index contributed by atoms with van der Waals surface area (Å²) >= 11 is 0. The van der Waals surface area contributed by atoms with E-state index in [2.05, 4.69) is 30.7 Å². The summed E-state index contributed by atoms with van der Waals surface area (Å²) in [5.41, 5.74) is 4.64. The van der Waals surface area contributed by atoms with Gasteiger partial charge in [0, 0.05) is 5.56 Å². The molecule has 0 bridgehead atoms. The van der Waals surface area contributed by atoms with Crippen molar-refractivity contribution < 1.29 is 19.4 Å². The molecule has 0 spiro atoms. The lowest BCUT2D eigenvalue weighted by Crippen LogP contribution is -2.30. The van der Waals surface area contributed by atoms with E-state index in [1.54, 1.807) is 31.4 Å². The molecule has 4 aromatic rings. The molecule has 188 valence electrons. The Kier molecular flexibility index (Phi) is 5.86. The predicted molar refractivity (Wildman–Crippen MR) is 144 cm³/mol. The van der Waals surface area contributed by atoms with Crippen molar-refractivity contribution in [3.8, 4) is 5.75 Å². The molecule has 1 amide bonds. The van der Waals surface area contributed by atoms with Crippen molar-refractivity contribution in [2.75, 3.05) is 12.0 Å². The van der Waals surface area contributed by atoms with Gasteiger partial charge in [0.05, 0.1) is 29.8 Å². The largest absolute Gasteiger partial charge is 0.507 e. The minimum atomic E-state index is -0.863. The molecule has 1 atom stereocenters. The molecule has 3 aromatic carbocycles. The monoisotopic (exact) mass is 495 g/mol. The summed E-state index contributed by atoms with van der Waals surface area (Å²) in [6, 6.07) is 19.4. The molecule has 37 heavy (non-hydrogen) atoms. The van der Waals surface area contributed by atoms with Gasteiger partial charge < -0.3 is 14.8 Å². The van der Waals surface area contributed by atoms with Crippen LogP contribution in [0.25, 0.3) is 16.8 Å². The molecule has 1 aromatic heterocycles. The van der Waals surface area contributed by atoms with Gasteiger partial charge >= 0.3 is 5.91 Å². The van der Waals surface area contributed by atoms with Gasteiger partial charge in [-0.3, -0.25) is 14.5 Å². The van der Waals surface area contributed by atoms with Gasteiger partial charge in [-0.2, -0.15) is 0 Å². The van der Waals surface area contributed by atoms with Crippen LogP contribution in [-0.2, 0) is 15.0 Å². The van der Waals surface area contributed by atoms with Crippen LogP contribution in [0.3, 0.4) is 0 Å². The maximum atomic E-state index is 13.5. The number of aliphatic hydroxyl groups is 1. The first kappa shape index (κ1) is 24.3. The number of aliphatic hydroxyl groups excluding tert-OH is 1. The lowest BCUT2D eigenvalue weighted by molar-refractivity contribution is -0.132. The van der Waals surface area contributed by atoms with Crippen LogP contribution in [0.15, 0.2) is 72.3 Å². The molecule has 1 aliphatic rings. The quantitative estimate of drug-likeness (QED) is 0.212. The minimum absolute atomic E-state index is 0.00955. The van der Waals surface area contributed by atoms with Crippen molar-refractivity contribution in [1.82, 2.24) is 9.97 Å². The Balaban J connectivity index is 1.70. The number of anilines is 1. The number of H-pyrrole nitrogens is 1. The number of aromatic nitrogens is 2. The number of aromatic amines is 1. The summed E-state index contributed by atoms with van der Waals surface area (Å²) in [7, 11) is 1.55. The van der Waals surface area contributed by atoms with Gasteiger partial charge in [0.25, 0.3) is 5.78 Å². The van der Waals surface area contributed by atoms with Gasteiger partial charge in [-0.15, -0.1) is 0 Å². The van der Waals surface area contributed by atoms with Crippen molar-refractivity contribution in [3.63, 3.8) is 0 Å². The first-order valence-corrected chi connectivity index (χ1v) is 12.1. The summed E-state index contributed by atoms with van der Waals surface area (Å²) in [6.45, 7) is 8.33. The highest BCUT2D eigenvalue weighted by molar-refractivity contribution is 6.51. The van der Waals surface area contributed by atoms with Crippen molar-refractivity contribution in [1.29, 1.82) is 0 Å². The number of rotatable bonds is 4. The second-order valence-electron chi connectivity index (χ2n) is 10.4. The minimum Gasteiger partial charge on any atom is -0.507 e. The zero-order valence-electron chi connectivity index (χ0n) is 21.5. The molecule has 1 unspecified atom stereocenters. The van der Waals surface area contributed by atoms with Crippen LogP contribution in [0.2, 0.25) is 0 Å². The number of imidazole rings is 1. The fourth-order valence-electron chi connectivity index (χ4n) is 4.66. The van der Waals surface area contributed by atoms with Gasteiger partial charge in [-0.25, -0.2) is 4.98 Å². The molecule has 1 aliphatic heterocycles. The number of aryl methyl sites for hydroxylation is 1. The van der Waals surface area contributed by atoms with Gasteiger partial charge in [0.2, 0.25) is 5.95 Å². The SMILES string of the molecule is COc1ccc(/C(O)=C2\C(=O)C(=O)N(c3nc4ccc(C)cc4[nH]3)C2c2ccc(C(C)(C)C)cc2)cc1. The van der Waals surface area contributed by atoms with Gasteiger partial charge in [-0.05, 0) is 65.4 Å². The van der Waals surface area contributed by atoms with Crippen LogP contribution in [-0.4, -0.2) is 33.9 Å². The zero-order valence-corrected chi connectivity index (χ0v) is 21.5. The first-order chi connectivity index (χ1) is 17.6. The molecule has 7 heteroatoms. The number of nitrogens with one attached hydrogen (secondary N) is 1. The van der Waals surface area contributed by atoms with Crippen LogP contribution >= 0.6 is 0 Å². The zero-order chi connectivity index (χ0) is 26.5. The predicted octanol–water partition coefficient (Wildman–Crippen LogP) is 5.80. The molecular formula is C30H29N3O4. The number of ketones is 1. The summed E-state index contributed by atoms with van der Waals surface area (Å²) < 4.78 is 5.21. The molecule has 2 N–H and O–H groups in total. The molecule has 2 heterocycles. The third-order valence-electron chi connectivity index (χ3n) is 6.75. The Morgan fingerprint density at radius 2 is 1.68 bits per heavy atom. The molecule has 0 aliphatic carbocycles. The highest BCUT2D eigenvalue weighted by atomic mass is 16.5. The normalized spacial score (nSPS) is 17.5. The van der Waals surface area contributed by atoms with Gasteiger partial charge in [-0.1, -0.05) is 51.1 Å². The van der Waals surface area contributed by atoms with Crippen molar-refractivity contribution in [2.45, 2.75) is 39.2 Å². The highest BCUT2D eigenvalue weighted by Gasteiger charge is 2.48. The molecule has 5 rings (SSSR count). The number of Topliss-reactive ketones (excluding diaryl/α,β-unsaturated/α-hetero) is 1. The van der Waals surface area contributed by atoms with Crippen LogP contribution < -0.4 is 9.64 Å². The Hall–Kier alpha value is -4.39. The van der Waals surface area contributed by atoms with E-state index in [0.717, 1.165) is 16.6 Å². The standard InChI is InChI=1S/C30H29N3O4/c1-17-6-15-22-23(16-17)32-29(31-22)33-25(18-7-11-20(12-8-18)30(2,3)4)24(27(35)28(33)36)26(34)19-9-13-21(37-5)14-10-19/h6-16,25,34H,1-5H3,(H,31,32)/b26-24+. The summed E-state index contributed by atoms with van der Waals surface area (Å²) in [5.74, 6) is -0.906. The highest BCUT2D eigenvalue weighted by Crippen LogP contribution is 2.42. The first-order valence-electron chi connectivity index (χ1n) is 12.1. The number of carbonyl (C=O) groups excluding carboxylic acids is 2. The third kappa shape index (κ3) is 4.27. The average molecular weight is 496 g/mol. The van der Waals surface area contributed by atoms with E-state index in [4.69, 9.17) is 4.74 Å². The maximum absolute atomic E-state index is 13.5. The topological polar surface area (TPSA) is 95.5 Å². The fraction of sp³-hybridized carbons (Fsp3) is 0.233. The number of hydrogen-bond donors (Lipinski definition) is 2. The number of amides is 1. The lowest BCUT2D eigenvalue weighted by atomic mass is 9.85. The lowest BCUT2D eigenvalue weighted by Gasteiger charge is -2.25. The second kappa shape index (κ2) is 8.92. The van der Waals surface area contributed by atoms with E-state index in [1.165, 1.54) is 4.90 Å². The van der Waals surface area contributed by atoms with Crippen molar-refractivity contribution >= 4 is 34.4 Å². The van der Waals surface area contributed by atoms with Gasteiger partial charge in [0.15, 0.2) is 0 Å². The number of hydrogen-bond acceptors (Lipinski definition) is 5. The van der Waals surface area contributed by atoms with E-state index in [1.807, 2.05) is 49.4 Å². The number of carbonyl (C=O) groups is 2. The summed E-state index contributed by atoms with van der Waals surface area (Å²) in [6.07, 6.45) is 0. The molecule has 7 nitrogen and oxygen atoms in total. The van der Waals surface area contributed by atoms with E-state index in [-0.39, 0.29) is 22.7 Å². The molecular weight excluding hydrogens is 466 g/mol. The van der Waals surface area contributed by atoms with Crippen LogP contribution in [0.1, 0.15) is 49.1 Å². The Morgan fingerprint density at radius 1 is 1.00 bits per heavy atom.